The van der Waals surface area contributed by atoms with Crippen LogP contribution in [0.15, 0.2) is 11.6 Å². The zero-order valence-corrected chi connectivity index (χ0v) is 23.4. The monoisotopic (exact) mass is 514 g/mol. The van der Waals surface area contributed by atoms with Crippen molar-refractivity contribution < 1.29 is 28.9 Å². The highest BCUT2D eigenvalue weighted by atomic mass is 16.7. The molecule has 0 radical (unpaired) electrons. The van der Waals surface area contributed by atoms with Gasteiger partial charge in [0, 0.05) is 11.8 Å². The zero-order valence-electron chi connectivity index (χ0n) is 23.4. The van der Waals surface area contributed by atoms with Crippen LogP contribution in [-0.2, 0) is 23.8 Å². The lowest BCUT2D eigenvalue weighted by atomic mass is 9.43. The summed E-state index contributed by atoms with van der Waals surface area (Å²) in [7, 11) is 0. The van der Waals surface area contributed by atoms with Gasteiger partial charge in [-0.25, -0.2) is 0 Å². The van der Waals surface area contributed by atoms with Crippen LogP contribution in [0.5, 0.6) is 0 Å². The molecule has 206 valence electrons. The summed E-state index contributed by atoms with van der Waals surface area (Å²) in [5, 5.41) is 11.2. The maximum absolute atomic E-state index is 13.6. The van der Waals surface area contributed by atoms with Gasteiger partial charge >= 0.3 is 5.97 Å². The summed E-state index contributed by atoms with van der Waals surface area (Å²) in [6.07, 6.45) is 7.30. The van der Waals surface area contributed by atoms with E-state index in [4.69, 9.17) is 14.2 Å². The Morgan fingerprint density at radius 2 is 1.95 bits per heavy atom. The van der Waals surface area contributed by atoms with E-state index in [1.165, 1.54) is 0 Å². The minimum Gasteiger partial charge on any atom is -0.481 e. The maximum Gasteiger partial charge on any atom is 0.315 e. The molecule has 6 heteroatoms. The fourth-order valence-corrected chi connectivity index (χ4v) is 10.8. The normalized spacial score (nSPS) is 51.9. The second kappa shape index (κ2) is 8.63. The summed E-state index contributed by atoms with van der Waals surface area (Å²) in [5.74, 6) is 1.74. The number of carbonyl (C=O) groups excluding carboxylic acids is 1. The molecule has 12 atom stereocenters. The predicted molar refractivity (Wildman–Crippen MR) is 138 cm³/mol. The number of hydrogen-bond donors (Lipinski definition) is 1. The van der Waals surface area contributed by atoms with E-state index in [9.17, 15) is 14.7 Å². The third-order valence-electron chi connectivity index (χ3n) is 12.3. The van der Waals surface area contributed by atoms with Gasteiger partial charge in [-0.3, -0.25) is 4.79 Å². The highest BCUT2D eigenvalue weighted by molar-refractivity contribution is 5.90. The van der Waals surface area contributed by atoms with Crippen molar-refractivity contribution in [3.8, 4) is 0 Å². The standard InChI is InChI=1S/C31H46O6/c1-16(2)23-13-35-27-19(6)37-26(10-21(23)27)36-15-30-12-22-18(5)7-8-24(22)29(14-32)11-20(30)9-25(17(3)4)31(29,30)28(33)34/h9,14,16-24,26-27H,7-8,10-13,15H2,1-6H3,(H,33,34)/t18-,19-,20-,21-,22-,23-,24-,26-,27-,29+,30?,31?/m1/s1. The summed E-state index contributed by atoms with van der Waals surface area (Å²) in [6, 6.07) is 0. The van der Waals surface area contributed by atoms with Crippen molar-refractivity contribution in [1.82, 2.24) is 0 Å². The molecule has 2 unspecified atom stereocenters. The fraction of sp³-hybridized carbons (Fsp3) is 0.871. The van der Waals surface area contributed by atoms with Crippen LogP contribution in [0, 0.1) is 63.6 Å². The van der Waals surface area contributed by atoms with Crippen LogP contribution in [0.3, 0.4) is 0 Å². The van der Waals surface area contributed by atoms with Gasteiger partial charge in [-0.2, -0.15) is 0 Å². The minimum absolute atomic E-state index is 0.0518. The van der Waals surface area contributed by atoms with E-state index in [2.05, 4.69) is 47.6 Å². The third kappa shape index (κ3) is 3.10. The molecular formula is C31H46O6. The Labute approximate surface area is 221 Å². The van der Waals surface area contributed by atoms with Crippen LogP contribution in [-0.4, -0.2) is 49.1 Å². The number of carboxylic acids is 1. The molecule has 5 fully saturated rings. The van der Waals surface area contributed by atoms with E-state index >= 15 is 0 Å². The smallest absolute Gasteiger partial charge is 0.315 e. The van der Waals surface area contributed by atoms with E-state index < -0.39 is 22.2 Å². The van der Waals surface area contributed by atoms with Crippen molar-refractivity contribution in [1.29, 1.82) is 0 Å². The Bertz CT molecular complexity index is 982. The Kier molecular flexibility index (Phi) is 6.06. The maximum atomic E-state index is 13.6. The van der Waals surface area contributed by atoms with E-state index in [1.54, 1.807) is 0 Å². The quantitative estimate of drug-likeness (QED) is 0.364. The molecule has 0 spiro atoms. The van der Waals surface area contributed by atoms with Gasteiger partial charge in [0.2, 0.25) is 0 Å². The Hall–Kier alpha value is -1.24. The number of carboxylic acid groups (broad SMARTS) is 1. The van der Waals surface area contributed by atoms with Gasteiger partial charge < -0.3 is 24.1 Å². The second-order valence-electron chi connectivity index (χ2n) is 14.2. The predicted octanol–water partition coefficient (Wildman–Crippen LogP) is 5.35. The molecule has 0 aromatic heterocycles. The number of aldehydes is 1. The minimum atomic E-state index is -1.19. The first-order valence-corrected chi connectivity index (χ1v) is 14.8. The van der Waals surface area contributed by atoms with Gasteiger partial charge in [0.1, 0.15) is 11.7 Å². The molecular weight excluding hydrogens is 468 g/mol. The second-order valence-corrected chi connectivity index (χ2v) is 14.2. The molecule has 2 saturated heterocycles. The number of carbonyl (C=O) groups is 2. The fourth-order valence-electron chi connectivity index (χ4n) is 10.8. The number of hydrogen-bond acceptors (Lipinski definition) is 5. The molecule has 6 nitrogen and oxygen atoms in total. The topological polar surface area (TPSA) is 82.1 Å². The molecule has 4 bridgehead atoms. The van der Waals surface area contributed by atoms with Crippen molar-refractivity contribution in [3.05, 3.63) is 11.6 Å². The van der Waals surface area contributed by atoms with Crippen molar-refractivity contribution in [3.63, 3.8) is 0 Å². The number of fused-ring (bicyclic) bond motifs is 3. The summed E-state index contributed by atoms with van der Waals surface area (Å²) in [5.41, 5.74) is -1.67. The largest absolute Gasteiger partial charge is 0.481 e. The van der Waals surface area contributed by atoms with Crippen LogP contribution < -0.4 is 0 Å². The molecule has 0 aromatic rings. The molecule has 2 heterocycles. The summed E-state index contributed by atoms with van der Waals surface area (Å²) >= 11 is 0. The molecule has 6 aliphatic rings. The van der Waals surface area contributed by atoms with Gasteiger partial charge in [-0.15, -0.1) is 0 Å². The molecule has 1 N–H and O–H groups in total. The van der Waals surface area contributed by atoms with Gasteiger partial charge in [0.15, 0.2) is 6.29 Å². The first-order chi connectivity index (χ1) is 17.5. The lowest BCUT2D eigenvalue weighted by molar-refractivity contribution is -0.251. The van der Waals surface area contributed by atoms with Crippen LogP contribution in [0.4, 0.5) is 0 Å². The lowest BCUT2D eigenvalue weighted by Gasteiger charge is -2.58. The van der Waals surface area contributed by atoms with E-state index in [0.717, 1.165) is 44.1 Å². The molecule has 37 heavy (non-hydrogen) atoms. The van der Waals surface area contributed by atoms with Gasteiger partial charge in [0.05, 0.1) is 30.8 Å². The molecule has 4 aliphatic carbocycles. The molecule has 6 rings (SSSR count). The van der Waals surface area contributed by atoms with Gasteiger partial charge in [-0.05, 0) is 73.5 Å². The molecule has 2 aliphatic heterocycles. The van der Waals surface area contributed by atoms with E-state index in [0.29, 0.717) is 42.6 Å². The van der Waals surface area contributed by atoms with Crippen LogP contribution in [0.2, 0.25) is 0 Å². The third-order valence-corrected chi connectivity index (χ3v) is 12.3. The number of ether oxygens (including phenoxy) is 3. The van der Waals surface area contributed by atoms with Crippen molar-refractivity contribution in [2.75, 3.05) is 13.2 Å². The Morgan fingerprint density at radius 3 is 2.59 bits per heavy atom. The number of aliphatic carboxylic acids is 1. The van der Waals surface area contributed by atoms with Gasteiger partial charge in [-0.1, -0.05) is 52.7 Å². The van der Waals surface area contributed by atoms with Crippen LogP contribution >= 0.6 is 0 Å². The van der Waals surface area contributed by atoms with Crippen LogP contribution in [0.1, 0.15) is 73.6 Å². The first-order valence-electron chi connectivity index (χ1n) is 14.8. The molecule has 0 aromatic carbocycles. The summed E-state index contributed by atoms with van der Waals surface area (Å²) < 4.78 is 19.2. The van der Waals surface area contributed by atoms with Crippen molar-refractivity contribution in [2.45, 2.75) is 92.1 Å². The number of allylic oxidation sites excluding steroid dienone is 1. The molecule has 3 saturated carbocycles. The van der Waals surface area contributed by atoms with E-state index in [-0.39, 0.29) is 36.3 Å². The average Bonchev–Trinajstić information content (AvgIpc) is 3.55. The zero-order chi connectivity index (χ0) is 26.5. The highest BCUT2D eigenvalue weighted by Crippen LogP contribution is 2.82. The van der Waals surface area contributed by atoms with E-state index in [1.807, 2.05) is 0 Å². The Morgan fingerprint density at radius 1 is 1.19 bits per heavy atom. The summed E-state index contributed by atoms with van der Waals surface area (Å²) in [4.78, 5) is 26.8. The molecule has 0 amide bonds. The average molecular weight is 515 g/mol. The highest BCUT2D eigenvalue weighted by Gasteiger charge is 2.84. The SMILES string of the molecule is CC(C)C1=C[C@@H]2C[C@]3(C=O)[C@@H]4CC[C@@H](C)[C@H]4CC2(CO[C@H]2C[C@H]4[C@H](OC[C@@H]4C(C)C)[C@@H](C)O2)C13C(=O)O. The summed E-state index contributed by atoms with van der Waals surface area (Å²) in [6.45, 7) is 14.2. The first kappa shape index (κ1) is 26.0. The van der Waals surface area contributed by atoms with Gasteiger partial charge in [0.25, 0.3) is 0 Å². The van der Waals surface area contributed by atoms with Crippen molar-refractivity contribution in [2.24, 2.45) is 63.6 Å². The number of rotatable bonds is 7. The Balaban J connectivity index is 1.36. The van der Waals surface area contributed by atoms with Crippen LogP contribution in [0.25, 0.3) is 0 Å². The lowest BCUT2D eigenvalue weighted by Crippen LogP contribution is -2.63. The van der Waals surface area contributed by atoms with Crippen molar-refractivity contribution >= 4 is 12.3 Å².